The Kier molecular flexibility index (Phi) is 3.30. The van der Waals surface area contributed by atoms with E-state index in [1.807, 2.05) is 17.5 Å². The van der Waals surface area contributed by atoms with Gasteiger partial charge in [0.25, 0.3) is 0 Å². The minimum atomic E-state index is -0.538. The quantitative estimate of drug-likeness (QED) is 0.651. The minimum absolute atomic E-state index is 0.0258. The van der Waals surface area contributed by atoms with Gasteiger partial charge in [-0.2, -0.15) is 5.26 Å². The van der Waals surface area contributed by atoms with Crippen LogP contribution in [0.25, 0.3) is 11.0 Å². The zero-order valence-electron chi connectivity index (χ0n) is 13.1. The molecule has 1 aliphatic heterocycles. The minimum Gasteiger partial charge on any atom is -0.507 e. The first-order valence-corrected chi connectivity index (χ1v) is 8.30. The average molecular weight is 352 g/mol. The van der Waals surface area contributed by atoms with E-state index >= 15 is 0 Å². The fourth-order valence-corrected chi connectivity index (χ4v) is 4.02. The van der Waals surface area contributed by atoms with Crippen LogP contribution in [0.15, 0.2) is 50.3 Å². The van der Waals surface area contributed by atoms with Crippen molar-refractivity contribution in [3.8, 4) is 17.6 Å². The zero-order chi connectivity index (χ0) is 17.7. The standard InChI is InChI=1S/C18H12N2O4S/c1-8-5-13(22)24-17-14(8)10(21)6-11-16(17)15(12-3-2-4-25-12)9(7-19)18(20)23-11/h2-6,15,21H,20H2,1H3. The van der Waals surface area contributed by atoms with Crippen molar-refractivity contribution in [3.63, 3.8) is 0 Å². The van der Waals surface area contributed by atoms with Crippen LogP contribution in [0.1, 0.15) is 21.9 Å². The first-order valence-electron chi connectivity index (χ1n) is 7.42. The number of aryl methyl sites for hydroxylation is 1. The van der Waals surface area contributed by atoms with Crippen LogP contribution in [0.2, 0.25) is 0 Å². The lowest BCUT2D eigenvalue weighted by atomic mass is 9.86. The van der Waals surface area contributed by atoms with Gasteiger partial charge in [0.05, 0.1) is 16.9 Å². The molecule has 3 N–H and O–H groups in total. The molecule has 1 aliphatic rings. The molecule has 124 valence electrons. The van der Waals surface area contributed by atoms with Crippen molar-refractivity contribution in [2.75, 3.05) is 0 Å². The number of nitriles is 1. The third-order valence-corrected chi connectivity index (χ3v) is 5.14. The van der Waals surface area contributed by atoms with Gasteiger partial charge in [-0.25, -0.2) is 4.79 Å². The Morgan fingerprint density at radius 1 is 1.40 bits per heavy atom. The van der Waals surface area contributed by atoms with Gasteiger partial charge in [-0.3, -0.25) is 0 Å². The van der Waals surface area contributed by atoms with E-state index in [9.17, 15) is 15.2 Å². The van der Waals surface area contributed by atoms with E-state index in [0.717, 1.165) is 4.88 Å². The van der Waals surface area contributed by atoms with Crippen LogP contribution in [0, 0.1) is 18.3 Å². The number of aromatic hydroxyl groups is 1. The molecule has 7 heteroatoms. The van der Waals surface area contributed by atoms with E-state index in [4.69, 9.17) is 14.9 Å². The van der Waals surface area contributed by atoms with Crippen LogP contribution < -0.4 is 16.1 Å². The molecule has 1 atom stereocenters. The predicted octanol–water partition coefficient (Wildman–Crippen LogP) is 3.09. The summed E-state index contributed by atoms with van der Waals surface area (Å²) >= 11 is 1.46. The maximum absolute atomic E-state index is 11.9. The molecule has 6 nitrogen and oxygen atoms in total. The number of nitrogens with zero attached hydrogens (tertiary/aromatic N) is 1. The molecule has 0 aliphatic carbocycles. The van der Waals surface area contributed by atoms with Crippen molar-refractivity contribution < 1.29 is 14.3 Å². The lowest BCUT2D eigenvalue weighted by Gasteiger charge is -2.26. The molecule has 0 fully saturated rings. The largest absolute Gasteiger partial charge is 0.507 e. The monoisotopic (exact) mass is 352 g/mol. The third-order valence-electron chi connectivity index (χ3n) is 4.20. The van der Waals surface area contributed by atoms with Gasteiger partial charge in [-0.1, -0.05) is 6.07 Å². The molecular formula is C18H12N2O4S. The first kappa shape index (κ1) is 15.3. The molecule has 1 unspecified atom stereocenters. The van der Waals surface area contributed by atoms with Crippen LogP contribution in [-0.4, -0.2) is 5.11 Å². The lowest BCUT2D eigenvalue weighted by molar-refractivity contribution is 0.387. The molecular weight excluding hydrogens is 340 g/mol. The molecule has 0 spiro atoms. The van der Waals surface area contributed by atoms with Gasteiger partial charge < -0.3 is 20.0 Å². The van der Waals surface area contributed by atoms with Crippen LogP contribution in [0.3, 0.4) is 0 Å². The second-order valence-corrected chi connectivity index (χ2v) is 6.68. The van der Waals surface area contributed by atoms with E-state index in [0.29, 0.717) is 16.5 Å². The molecule has 0 saturated carbocycles. The number of nitrogens with two attached hydrogens (primary N) is 1. The summed E-state index contributed by atoms with van der Waals surface area (Å²) in [7, 11) is 0. The normalized spacial score (nSPS) is 16.4. The molecule has 0 radical (unpaired) electrons. The molecule has 2 aromatic heterocycles. The van der Waals surface area contributed by atoms with Crippen LogP contribution in [-0.2, 0) is 0 Å². The summed E-state index contributed by atoms with van der Waals surface area (Å²) in [6.07, 6.45) is 0. The molecule has 0 saturated heterocycles. The van der Waals surface area contributed by atoms with Gasteiger partial charge in [0, 0.05) is 17.0 Å². The van der Waals surface area contributed by atoms with Crippen molar-refractivity contribution in [3.05, 3.63) is 67.5 Å². The number of rotatable bonds is 1. The van der Waals surface area contributed by atoms with Crippen molar-refractivity contribution in [1.82, 2.24) is 0 Å². The topological polar surface area (TPSA) is 109 Å². The fraction of sp³-hybridized carbons (Fsp3) is 0.111. The highest BCUT2D eigenvalue weighted by molar-refractivity contribution is 7.10. The molecule has 3 aromatic rings. The number of fused-ring (bicyclic) bond motifs is 3. The number of hydrogen-bond acceptors (Lipinski definition) is 7. The molecule has 4 rings (SSSR count). The lowest BCUT2D eigenvalue weighted by Crippen LogP contribution is -2.21. The van der Waals surface area contributed by atoms with E-state index in [1.165, 1.54) is 23.5 Å². The van der Waals surface area contributed by atoms with Gasteiger partial charge in [-0.15, -0.1) is 11.3 Å². The van der Waals surface area contributed by atoms with Crippen molar-refractivity contribution in [2.24, 2.45) is 5.73 Å². The zero-order valence-corrected chi connectivity index (χ0v) is 13.9. The summed E-state index contributed by atoms with van der Waals surface area (Å²) in [5.41, 5.74) is 6.93. The fourth-order valence-electron chi connectivity index (χ4n) is 3.18. The number of phenols is 1. The Bertz CT molecular complexity index is 1140. The Morgan fingerprint density at radius 3 is 2.88 bits per heavy atom. The maximum Gasteiger partial charge on any atom is 0.336 e. The van der Waals surface area contributed by atoms with E-state index < -0.39 is 11.5 Å². The highest BCUT2D eigenvalue weighted by Crippen LogP contribution is 2.49. The van der Waals surface area contributed by atoms with Crippen molar-refractivity contribution >= 4 is 22.3 Å². The number of phenolic OH excluding ortho intramolecular Hbond substituents is 1. The van der Waals surface area contributed by atoms with E-state index in [-0.39, 0.29) is 28.5 Å². The Balaban J connectivity index is 2.17. The number of hydrogen-bond donors (Lipinski definition) is 2. The van der Waals surface area contributed by atoms with Crippen LogP contribution >= 0.6 is 11.3 Å². The summed E-state index contributed by atoms with van der Waals surface area (Å²) in [5.74, 6) is -0.356. The Hall–Kier alpha value is -3.24. The predicted molar refractivity (Wildman–Crippen MR) is 92.5 cm³/mol. The van der Waals surface area contributed by atoms with Gasteiger partial charge in [0.2, 0.25) is 5.88 Å². The smallest absolute Gasteiger partial charge is 0.336 e. The van der Waals surface area contributed by atoms with Gasteiger partial charge in [-0.05, 0) is 23.9 Å². The van der Waals surface area contributed by atoms with Crippen LogP contribution in [0.5, 0.6) is 11.5 Å². The number of ether oxygens (including phenoxy) is 1. The summed E-state index contributed by atoms with van der Waals surface area (Å²) in [4.78, 5) is 12.8. The SMILES string of the molecule is Cc1cc(=O)oc2c3c(cc(O)c12)OC(N)=C(C#N)C3c1cccs1. The average Bonchev–Trinajstić information content (AvgIpc) is 3.06. The van der Waals surface area contributed by atoms with Gasteiger partial charge in [0.1, 0.15) is 28.7 Å². The molecule has 0 bridgehead atoms. The van der Waals surface area contributed by atoms with Crippen LogP contribution in [0.4, 0.5) is 0 Å². The highest BCUT2D eigenvalue weighted by atomic mass is 32.1. The second-order valence-electron chi connectivity index (χ2n) is 5.70. The highest BCUT2D eigenvalue weighted by Gasteiger charge is 2.35. The second kappa shape index (κ2) is 5.40. The number of allylic oxidation sites excluding steroid dienone is 1. The summed E-state index contributed by atoms with van der Waals surface area (Å²) in [6.45, 7) is 1.71. The number of thiophene rings is 1. The first-order chi connectivity index (χ1) is 12.0. The van der Waals surface area contributed by atoms with Crippen molar-refractivity contribution in [1.29, 1.82) is 5.26 Å². The Morgan fingerprint density at radius 2 is 2.20 bits per heavy atom. The van der Waals surface area contributed by atoms with E-state index in [1.54, 1.807) is 6.92 Å². The maximum atomic E-state index is 11.9. The molecule has 3 heterocycles. The number of benzene rings is 1. The summed E-state index contributed by atoms with van der Waals surface area (Å²) in [6, 6.07) is 8.59. The third kappa shape index (κ3) is 2.19. The summed E-state index contributed by atoms with van der Waals surface area (Å²) in [5, 5.41) is 22.3. The molecule has 1 aromatic carbocycles. The van der Waals surface area contributed by atoms with E-state index in [2.05, 4.69) is 6.07 Å². The van der Waals surface area contributed by atoms with Gasteiger partial charge in [0.15, 0.2) is 0 Å². The Labute approximate surface area is 146 Å². The molecule has 0 amide bonds. The van der Waals surface area contributed by atoms with Crippen molar-refractivity contribution in [2.45, 2.75) is 12.8 Å². The summed E-state index contributed by atoms with van der Waals surface area (Å²) < 4.78 is 11.0. The van der Waals surface area contributed by atoms with Gasteiger partial charge >= 0.3 is 5.63 Å². The molecule has 25 heavy (non-hydrogen) atoms.